The Morgan fingerprint density at radius 3 is 2.62 bits per heavy atom. The second-order valence-corrected chi connectivity index (χ2v) is 12.6. The summed E-state index contributed by atoms with van der Waals surface area (Å²) in [6, 6.07) is 5.31. The first-order valence-corrected chi connectivity index (χ1v) is 15.5. The second kappa shape index (κ2) is 12.9. The van der Waals surface area contributed by atoms with Crippen LogP contribution in [-0.4, -0.2) is 70.8 Å². The number of nitrogens with zero attached hydrogens (tertiary/aromatic N) is 2. The number of ether oxygens (including phenoxy) is 2. The van der Waals surface area contributed by atoms with Crippen LogP contribution in [0.4, 0.5) is 5.69 Å². The highest BCUT2D eigenvalue weighted by molar-refractivity contribution is 6.34. The Hall–Kier alpha value is -2.68. The van der Waals surface area contributed by atoms with Crippen LogP contribution < -0.4 is 4.90 Å². The zero-order valence-electron chi connectivity index (χ0n) is 25.3. The van der Waals surface area contributed by atoms with E-state index in [4.69, 9.17) is 21.1 Å². The SMILES string of the molecule is C=CCCCCOC(=O)[C@H]1[C@H]2C(=O)N([C@@H](CO)[C@@H](C)CC)C(C(=O)N(CC=C)c3ccccc3Cl)C23CC(C)[C@]1(C)O3. The van der Waals surface area contributed by atoms with Crippen molar-refractivity contribution in [2.24, 2.45) is 23.7 Å². The highest BCUT2D eigenvalue weighted by Gasteiger charge is 2.81. The molecule has 8 nitrogen and oxygen atoms in total. The maximum Gasteiger partial charge on any atom is 0.312 e. The lowest BCUT2D eigenvalue weighted by atomic mass is 9.62. The van der Waals surface area contributed by atoms with Crippen molar-refractivity contribution in [3.8, 4) is 0 Å². The van der Waals surface area contributed by atoms with E-state index in [1.807, 2.05) is 33.8 Å². The fourth-order valence-electron chi connectivity index (χ4n) is 7.39. The molecule has 3 heterocycles. The fourth-order valence-corrected chi connectivity index (χ4v) is 7.63. The molecular formula is C33H45ClN2O6. The minimum atomic E-state index is -1.27. The minimum Gasteiger partial charge on any atom is -0.465 e. The number of halogens is 1. The molecule has 3 fully saturated rings. The van der Waals surface area contributed by atoms with Crippen molar-refractivity contribution >= 4 is 35.1 Å². The third kappa shape index (κ3) is 5.20. The normalized spacial score (nSPS) is 31.0. The summed E-state index contributed by atoms with van der Waals surface area (Å²) >= 11 is 6.56. The summed E-state index contributed by atoms with van der Waals surface area (Å²) in [6.45, 7) is 15.4. The van der Waals surface area contributed by atoms with Crippen LogP contribution in [0.2, 0.25) is 5.02 Å². The van der Waals surface area contributed by atoms with Crippen LogP contribution in [0, 0.1) is 23.7 Å². The maximum absolute atomic E-state index is 14.8. The Bertz CT molecular complexity index is 1210. The van der Waals surface area contributed by atoms with Gasteiger partial charge in [0.2, 0.25) is 5.91 Å². The Balaban J connectivity index is 1.82. The van der Waals surface area contributed by atoms with Crippen molar-refractivity contribution in [1.29, 1.82) is 0 Å². The molecular weight excluding hydrogens is 556 g/mol. The quantitative estimate of drug-likeness (QED) is 0.180. The van der Waals surface area contributed by atoms with E-state index in [2.05, 4.69) is 13.2 Å². The molecule has 42 heavy (non-hydrogen) atoms. The minimum absolute atomic E-state index is 0.113. The largest absolute Gasteiger partial charge is 0.465 e. The number of amides is 2. The Morgan fingerprint density at radius 1 is 1.29 bits per heavy atom. The number of unbranched alkanes of at least 4 members (excludes halogenated alkanes) is 2. The first-order chi connectivity index (χ1) is 20.0. The first kappa shape index (κ1) is 32.2. The zero-order valence-corrected chi connectivity index (χ0v) is 26.0. The van der Waals surface area contributed by atoms with Crippen molar-refractivity contribution in [2.75, 3.05) is 24.7 Å². The van der Waals surface area contributed by atoms with Gasteiger partial charge in [0.25, 0.3) is 5.91 Å². The standard InChI is InChI=1S/C33H45ClN2O6/c1-7-10-11-14-18-41-31(40)27-26-29(38)36(25(20-37)21(4)9-3)28(33(26)19-22(5)32(27,6)42-33)30(39)35(17-8-2)24-16-13-12-15-23(24)34/h7-8,12-13,15-16,21-22,25-28,37H,1-2,9-11,14,17-20H2,3-6H3/t21-,22?,25-,26-,27+,28?,32-,33?/m0/s1. The second-order valence-electron chi connectivity index (χ2n) is 12.2. The number of para-hydroxylation sites is 1. The summed E-state index contributed by atoms with van der Waals surface area (Å²) in [5.74, 6) is -3.24. The van der Waals surface area contributed by atoms with Gasteiger partial charge in [-0.25, -0.2) is 0 Å². The van der Waals surface area contributed by atoms with Crippen molar-refractivity contribution in [1.82, 2.24) is 4.90 Å². The molecule has 2 bridgehead atoms. The summed E-state index contributed by atoms with van der Waals surface area (Å²) in [5, 5.41) is 11.0. The van der Waals surface area contributed by atoms with Gasteiger partial charge in [0.1, 0.15) is 17.6 Å². The van der Waals surface area contributed by atoms with E-state index in [0.29, 0.717) is 30.0 Å². The van der Waals surface area contributed by atoms with E-state index >= 15 is 0 Å². The number of anilines is 1. The topological polar surface area (TPSA) is 96.4 Å². The van der Waals surface area contributed by atoms with Gasteiger partial charge in [-0.15, -0.1) is 13.2 Å². The molecule has 0 saturated carbocycles. The number of carbonyl (C=O) groups excluding carboxylic acids is 3. The van der Waals surface area contributed by atoms with E-state index in [0.717, 1.165) is 12.8 Å². The number of likely N-dealkylation sites (tertiary alicyclic amines) is 1. The molecule has 0 aliphatic carbocycles. The van der Waals surface area contributed by atoms with Crippen molar-refractivity contribution in [3.63, 3.8) is 0 Å². The average molecular weight is 601 g/mol. The molecule has 1 aromatic rings. The monoisotopic (exact) mass is 600 g/mol. The molecule has 0 aromatic heterocycles. The lowest BCUT2D eigenvalue weighted by Crippen LogP contribution is -2.60. The molecule has 9 heteroatoms. The van der Waals surface area contributed by atoms with E-state index in [1.165, 1.54) is 9.80 Å². The molecule has 8 atom stereocenters. The Kier molecular flexibility index (Phi) is 9.90. The van der Waals surface area contributed by atoms with Gasteiger partial charge in [0, 0.05) is 6.54 Å². The molecule has 1 N–H and O–H groups in total. The highest BCUT2D eigenvalue weighted by Crippen LogP contribution is 2.66. The van der Waals surface area contributed by atoms with Crippen molar-refractivity contribution in [2.45, 2.75) is 83.1 Å². The fraction of sp³-hybridized carbons (Fsp3) is 0.606. The molecule has 3 aliphatic rings. The number of hydrogen-bond acceptors (Lipinski definition) is 6. The number of allylic oxidation sites excluding steroid dienone is 1. The molecule has 1 aromatic carbocycles. The van der Waals surface area contributed by atoms with Crippen LogP contribution in [0.3, 0.4) is 0 Å². The molecule has 3 saturated heterocycles. The van der Waals surface area contributed by atoms with Gasteiger partial charge in [-0.05, 0) is 56.6 Å². The van der Waals surface area contributed by atoms with Crippen LogP contribution >= 0.6 is 11.6 Å². The van der Waals surface area contributed by atoms with Crippen molar-refractivity contribution in [3.05, 3.63) is 54.6 Å². The number of carbonyl (C=O) groups is 3. The number of benzene rings is 1. The first-order valence-electron chi connectivity index (χ1n) is 15.1. The predicted molar refractivity (Wildman–Crippen MR) is 163 cm³/mol. The molecule has 4 rings (SSSR count). The van der Waals surface area contributed by atoms with Crippen LogP contribution in [0.1, 0.15) is 59.8 Å². The Morgan fingerprint density at radius 2 is 2.00 bits per heavy atom. The summed E-state index contributed by atoms with van der Waals surface area (Å²) < 4.78 is 12.6. The van der Waals surface area contributed by atoms with E-state index in [9.17, 15) is 19.5 Å². The van der Waals surface area contributed by atoms with Gasteiger partial charge in [-0.2, -0.15) is 0 Å². The van der Waals surface area contributed by atoms with E-state index in [-0.39, 0.29) is 43.4 Å². The molecule has 2 amide bonds. The number of aliphatic hydroxyl groups is 1. The zero-order chi connectivity index (χ0) is 30.8. The number of esters is 1. The van der Waals surface area contributed by atoms with E-state index in [1.54, 1.807) is 30.3 Å². The van der Waals surface area contributed by atoms with Gasteiger partial charge in [-0.3, -0.25) is 14.4 Å². The lowest BCUT2D eigenvalue weighted by Gasteiger charge is -2.41. The van der Waals surface area contributed by atoms with Crippen LogP contribution in [0.5, 0.6) is 0 Å². The lowest BCUT2D eigenvalue weighted by molar-refractivity contribution is -0.163. The van der Waals surface area contributed by atoms with Crippen LogP contribution in [-0.2, 0) is 23.9 Å². The molecule has 1 spiro atoms. The number of fused-ring (bicyclic) bond motifs is 1. The summed E-state index contributed by atoms with van der Waals surface area (Å²) in [4.78, 5) is 46.2. The Labute approximate surface area is 254 Å². The molecule has 3 aliphatic heterocycles. The number of rotatable bonds is 14. The third-order valence-corrected chi connectivity index (χ3v) is 10.2. The van der Waals surface area contributed by atoms with E-state index < -0.39 is 41.1 Å². The van der Waals surface area contributed by atoms with Gasteiger partial charge >= 0.3 is 5.97 Å². The summed E-state index contributed by atoms with van der Waals surface area (Å²) in [5.41, 5.74) is -1.76. The van der Waals surface area contributed by atoms with Crippen LogP contribution in [0.25, 0.3) is 0 Å². The molecule has 3 unspecified atom stereocenters. The summed E-state index contributed by atoms with van der Waals surface area (Å²) in [6.07, 6.45) is 6.89. The highest BCUT2D eigenvalue weighted by atomic mass is 35.5. The van der Waals surface area contributed by atoms with Gasteiger partial charge in [0.05, 0.1) is 41.5 Å². The number of hydrogen-bond donors (Lipinski definition) is 1. The molecule has 0 radical (unpaired) electrons. The van der Waals surface area contributed by atoms with Crippen LogP contribution in [0.15, 0.2) is 49.6 Å². The van der Waals surface area contributed by atoms with Gasteiger partial charge < -0.3 is 24.4 Å². The van der Waals surface area contributed by atoms with Gasteiger partial charge in [0.15, 0.2) is 0 Å². The molecule has 230 valence electrons. The third-order valence-electron chi connectivity index (χ3n) is 9.85. The number of aliphatic hydroxyl groups excluding tert-OH is 1. The average Bonchev–Trinajstić information content (AvgIpc) is 3.48. The smallest absolute Gasteiger partial charge is 0.312 e. The predicted octanol–water partition coefficient (Wildman–Crippen LogP) is 5.18. The van der Waals surface area contributed by atoms with Crippen molar-refractivity contribution < 1.29 is 29.0 Å². The maximum atomic E-state index is 14.8. The van der Waals surface area contributed by atoms with Gasteiger partial charge in [-0.1, -0.05) is 63.1 Å². The summed E-state index contributed by atoms with van der Waals surface area (Å²) in [7, 11) is 0.